The van der Waals surface area contributed by atoms with E-state index in [1.165, 1.54) is 93.0 Å². The second kappa shape index (κ2) is 9.94. The van der Waals surface area contributed by atoms with Crippen LogP contribution in [0.2, 0.25) is 0 Å². The van der Waals surface area contributed by atoms with Gasteiger partial charge in [0.1, 0.15) is 11.2 Å². The zero-order chi connectivity index (χ0) is 33.1. The van der Waals surface area contributed by atoms with E-state index in [1.807, 2.05) is 0 Å². The molecule has 10 aromatic rings. The molecule has 1 heterocycles. The van der Waals surface area contributed by atoms with Gasteiger partial charge >= 0.3 is 0 Å². The molecule has 0 N–H and O–H groups in total. The lowest BCUT2D eigenvalue weighted by atomic mass is 9.80. The molecular formula is C49H32O. The third kappa shape index (κ3) is 3.62. The van der Waals surface area contributed by atoms with E-state index in [2.05, 4.69) is 172 Å². The molecule has 0 bridgehead atoms. The van der Waals surface area contributed by atoms with Crippen LogP contribution in [-0.2, 0) is 5.41 Å². The smallest absolute Gasteiger partial charge is 0.143 e. The molecule has 50 heavy (non-hydrogen) atoms. The summed E-state index contributed by atoms with van der Waals surface area (Å²) in [5.41, 5.74) is 12.0. The Morgan fingerprint density at radius 2 is 1.00 bits per heavy atom. The Hall–Kier alpha value is -6.18. The molecular weight excluding hydrogens is 605 g/mol. The molecule has 234 valence electrons. The summed E-state index contributed by atoms with van der Waals surface area (Å²) in [6, 6.07) is 58.0. The summed E-state index contributed by atoms with van der Waals surface area (Å²) in [4.78, 5) is 0. The predicted molar refractivity (Wildman–Crippen MR) is 212 cm³/mol. The summed E-state index contributed by atoms with van der Waals surface area (Å²) < 4.78 is 6.84. The minimum Gasteiger partial charge on any atom is -0.455 e. The van der Waals surface area contributed by atoms with Gasteiger partial charge in [0.15, 0.2) is 0 Å². The van der Waals surface area contributed by atoms with E-state index in [0.717, 1.165) is 16.6 Å². The van der Waals surface area contributed by atoms with E-state index in [9.17, 15) is 0 Å². The molecule has 1 aliphatic carbocycles. The van der Waals surface area contributed by atoms with Crippen molar-refractivity contribution in [1.29, 1.82) is 0 Å². The number of rotatable bonds is 2. The number of hydrogen-bond donors (Lipinski definition) is 0. The van der Waals surface area contributed by atoms with E-state index in [0.29, 0.717) is 0 Å². The minimum absolute atomic E-state index is 0.131. The van der Waals surface area contributed by atoms with Crippen LogP contribution < -0.4 is 0 Å². The fourth-order valence-corrected chi connectivity index (χ4v) is 9.24. The van der Waals surface area contributed by atoms with Crippen molar-refractivity contribution in [2.75, 3.05) is 0 Å². The lowest BCUT2D eigenvalue weighted by Gasteiger charge is -2.23. The normalized spacial score (nSPS) is 13.6. The Bertz CT molecular complexity index is 3000. The lowest BCUT2D eigenvalue weighted by Crippen LogP contribution is -2.15. The van der Waals surface area contributed by atoms with Crippen LogP contribution in [0.3, 0.4) is 0 Å². The molecule has 0 saturated carbocycles. The molecule has 1 aromatic heterocycles. The van der Waals surface area contributed by atoms with Gasteiger partial charge in [0.2, 0.25) is 0 Å². The maximum absolute atomic E-state index is 6.84. The summed E-state index contributed by atoms with van der Waals surface area (Å²) in [5.74, 6) is 0. The minimum atomic E-state index is -0.131. The molecule has 0 saturated heterocycles. The number of fused-ring (bicyclic) bond motifs is 12. The first-order chi connectivity index (χ1) is 24.6. The molecule has 0 unspecified atom stereocenters. The van der Waals surface area contributed by atoms with Gasteiger partial charge in [0.25, 0.3) is 0 Å². The van der Waals surface area contributed by atoms with Crippen molar-refractivity contribution in [1.82, 2.24) is 0 Å². The van der Waals surface area contributed by atoms with Crippen LogP contribution in [0.5, 0.6) is 0 Å². The van der Waals surface area contributed by atoms with E-state index in [1.54, 1.807) is 0 Å². The van der Waals surface area contributed by atoms with Crippen LogP contribution in [-0.4, -0.2) is 0 Å². The van der Waals surface area contributed by atoms with E-state index < -0.39 is 0 Å². The van der Waals surface area contributed by atoms with Crippen LogP contribution in [0.25, 0.3) is 98.4 Å². The first-order valence-electron chi connectivity index (χ1n) is 17.5. The Labute approximate surface area is 290 Å². The quantitative estimate of drug-likeness (QED) is 0.172. The lowest BCUT2D eigenvalue weighted by molar-refractivity contribution is 0.656. The average molecular weight is 637 g/mol. The molecule has 0 aliphatic heterocycles. The van der Waals surface area contributed by atoms with Gasteiger partial charge in [-0.15, -0.1) is 0 Å². The molecule has 0 atom stereocenters. The summed E-state index contributed by atoms with van der Waals surface area (Å²) in [6.07, 6.45) is 0. The van der Waals surface area contributed by atoms with E-state index in [-0.39, 0.29) is 5.41 Å². The highest BCUT2D eigenvalue weighted by atomic mass is 16.3. The zero-order valence-electron chi connectivity index (χ0n) is 27.9. The van der Waals surface area contributed by atoms with Crippen molar-refractivity contribution in [2.45, 2.75) is 19.3 Å². The predicted octanol–water partition coefficient (Wildman–Crippen LogP) is 13.8. The van der Waals surface area contributed by atoms with Crippen molar-refractivity contribution in [3.05, 3.63) is 169 Å². The van der Waals surface area contributed by atoms with Crippen LogP contribution in [0.15, 0.2) is 162 Å². The maximum Gasteiger partial charge on any atom is 0.143 e. The first kappa shape index (κ1) is 27.7. The summed E-state index contributed by atoms with van der Waals surface area (Å²) in [5, 5.41) is 12.5. The van der Waals surface area contributed by atoms with Crippen LogP contribution in [0.1, 0.15) is 25.0 Å². The highest BCUT2D eigenvalue weighted by Gasteiger charge is 2.39. The Balaban J connectivity index is 1.19. The third-order valence-electron chi connectivity index (χ3n) is 11.4. The average Bonchev–Trinajstić information content (AvgIpc) is 3.65. The molecule has 1 heteroatoms. The molecule has 0 amide bonds. The molecule has 0 spiro atoms. The molecule has 11 rings (SSSR count). The molecule has 0 radical (unpaired) electrons. The van der Waals surface area contributed by atoms with Crippen molar-refractivity contribution in [3.8, 4) is 33.4 Å². The van der Waals surface area contributed by atoms with Gasteiger partial charge in [-0.25, -0.2) is 0 Å². The molecule has 1 aliphatic rings. The van der Waals surface area contributed by atoms with Gasteiger partial charge in [-0.2, -0.15) is 0 Å². The van der Waals surface area contributed by atoms with Crippen LogP contribution in [0, 0.1) is 0 Å². The third-order valence-corrected chi connectivity index (χ3v) is 11.4. The van der Waals surface area contributed by atoms with Crippen molar-refractivity contribution >= 4 is 65.0 Å². The van der Waals surface area contributed by atoms with Gasteiger partial charge in [0, 0.05) is 21.8 Å². The van der Waals surface area contributed by atoms with Crippen molar-refractivity contribution in [3.63, 3.8) is 0 Å². The van der Waals surface area contributed by atoms with Gasteiger partial charge in [-0.3, -0.25) is 0 Å². The highest BCUT2D eigenvalue weighted by molar-refractivity contribution is 6.24. The summed E-state index contributed by atoms with van der Waals surface area (Å²) in [7, 11) is 0. The van der Waals surface area contributed by atoms with Crippen molar-refractivity contribution < 1.29 is 4.42 Å². The fraction of sp³-hybridized carbons (Fsp3) is 0.0612. The molecule has 1 nitrogen and oxygen atoms in total. The van der Waals surface area contributed by atoms with E-state index >= 15 is 0 Å². The van der Waals surface area contributed by atoms with Crippen molar-refractivity contribution in [2.24, 2.45) is 0 Å². The van der Waals surface area contributed by atoms with Gasteiger partial charge in [0.05, 0.1) is 0 Å². The summed E-state index contributed by atoms with van der Waals surface area (Å²) in [6.45, 7) is 4.71. The number of benzene rings is 9. The van der Waals surface area contributed by atoms with Gasteiger partial charge < -0.3 is 4.42 Å². The molecule has 9 aromatic carbocycles. The SMILES string of the molecule is CC1(C)c2ccc3c(oc4ccc(-c5c6ccccc6c(-c6cccc7ccccc67)c6ccccc56)cc43)c2-c2ccc3ccccc3c21. The largest absolute Gasteiger partial charge is 0.455 e. The molecule has 0 fully saturated rings. The second-order valence-corrected chi connectivity index (χ2v) is 14.4. The summed E-state index contributed by atoms with van der Waals surface area (Å²) >= 11 is 0. The zero-order valence-corrected chi connectivity index (χ0v) is 27.9. The fourth-order valence-electron chi connectivity index (χ4n) is 9.24. The standard InChI is InChI=1S/C49H32O/c1-49(2)42-26-25-39-41-28-31(23-27-43(41)50-48(39)46(42)40-24-22-30-13-4-6-16-33(30)47(40)49)44-35-17-7-9-19-37(35)45(38-20-10-8-18-36(38)44)34-21-11-14-29-12-3-5-15-32(29)34/h3-28H,1-2H3. The highest BCUT2D eigenvalue weighted by Crippen LogP contribution is 2.55. The Kier molecular flexibility index (Phi) is 5.51. The topological polar surface area (TPSA) is 13.1 Å². The monoisotopic (exact) mass is 636 g/mol. The van der Waals surface area contributed by atoms with Gasteiger partial charge in [-0.05, 0) is 94.2 Å². The number of furan rings is 1. The van der Waals surface area contributed by atoms with Crippen LogP contribution in [0.4, 0.5) is 0 Å². The Morgan fingerprint density at radius 1 is 0.400 bits per heavy atom. The van der Waals surface area contributed by atoms with Gasteiger partial charge in [-0.1, -0.05) is 159 Å². The number of hydrogen-bond acceptors (Lipinski definition) is 1. The second-order valence-electron chi connectivity index (χ2n) is 14.4. The van der Waals surface area contributed by atoms with E-state index in [4.69, 9.17) is 4.42 Å². The van der Waals surface area contributed by atoms with Crippen LogP contribution >= 0.6 is 0 Å². The first-order valence-corrected chi connectivity index (χ1v) is 17.5. The maximum atomic E-state index is 6.84. The Morgan fingerprint density at radius 3 is 1.72 bits per heavy atom.